The third-order valence-electron chi connectivity index (χ3n) is 5.97. The number of carbonyl (C=O) groups excluding carboxylic acids is 1. The van der Waals surface area contributed by atoms with Crippen LogP contribution < -0.4 is 20.5 Å². The van der Waals surface area contributed by atoms with E-state index >= 15 is 0 Å². The molecule has 0 aliphatic carbocycles. The van der Waals surface area contributed by atoms with Crippen LogP contribution in [-0.4, -0.2) is 35.2 Å². The van der Waals surface area contributed by atoms with E-state index in [1.165, 1.54) is 0 Å². The number of benzene rings is 2. The molecule has 1 fully saturated rings. The molecule has 4 rings (SSSR count). The monoisotopic (exact) mass is 434 g/mol. The van der Waals surface area contributed by atoms with E-state index in [4.69, 9.17) is 4.74 Å². The van der Waals surface area contributed by atoms with E-state index in [1.807, 2.05) is 67.3 Å². The molecule has 1 aromatic heterocycles. The van der Waals surface area contributed by atoms with Crippen molar-refractivity contribution in [2.75, 3.05) is 24.6 Å². The van der Waals surface area contributed by atoms with Crippen molar-refractivity contribution in [3.8, 4) is 5.75 Å². The van der Waals surface area contributed by atoms with Crippen LogP contribution >= 0.6 is 0 Å². The van der Waals surface area contributed by atoms with Crippen LogP contribution in [0.4, 0.5) is 5.82 Å². The third kappa shape index (κ3) is 4.47. The second-order valence-electron chi connectivity index (χ2n) is 8.02. The Labute approximate surface area is 188 Å². The Morgan fingerprint density at radius 3 is 2.75 bits per heavy atom. The number of ether oxygens (including phenoxy) is 1. The van der Waals surface area contributed by atoms with Gasteiger partial charge in [-0.1, -0.05) is 30.3 Å². The Bertz CT molecular complexity index is 1160. The Morgan fingerprint density at radius 2 is 1.94 bits per heavy atom. The first-order valence-corrected chi connectivity index (χ1v) is 11.3. The summed E-state index contributed by atoms with van der Waals surface area (Å²) in [5, 5.41) is 3.06. The smallest absolute Gasteiger partial charge is 0.293 e. The molecule has 1 aliphatic heterocycles. The topological polar surface area (TPSA) is 76.5 Å². The van der Waals surface area contributed by atoms with E-state index in [2.05, 4.69) is 10.3 Å². The number of anilines is 1. The molecule has 1 N–H and O–H groups in total. The normalized spacial score (nSPS) is 16.2. The molecule has 32 heavy (non-hydrogen) atoms. The molecule has 0 spiro atoms. The number of fused-ring (bicyclic) bond motifs is 1. The highest BCUT2D eigenvalue weighted by atomic mass is 16.5. The summed E-state index contributed by atoms with van der Waals surface area (Å²) in [6, 6.07) is 15.4. The minimum Gasteiger partial charge on any atom is -0.494 e. The van der Waals surface area contributed by atoms with Crippen molar-refractivity contribution >= 4 is 22.8 Å². The highest BCUT2D eigenvalue weighted by Crippen LogP contribution is 2.23. The number of hydrogen-bond acceptors (Lipinski definition) is 5. The Hall–Kier alpha value is -3.35. The Balaban J connectivity index is 1.50. The summed E-state index contributed by atoms with van der Waals surface area (Å²) in [5.74, 6) is 1.04. The van der Waals surface area contributed by atoms with Crippen molar-refractivity contribution in [1.29, 1.82) is 0 Å². The van der Waals surface area contributed by atoms with E-state index in [0.717, 1.165) is 41.7 Å². The number of nitrogens with one attached hydrogen (secondary N) is 1. The summed E-state index contributed by atoms with van der Waals surface area (Å²) in [5.41, 5.74) is 2.49. The first-order valence-electron chi connectivity index (χ1n) is 11.3. The largest absolute Gasteiger partial charge is 0.494 e. The molecular weight excluding hydrogens is 404 g/mol. The van der Waals surface area contributed by atoms with Crippen LogP contribution in [0.15, 0.2) is 53.3 Å². The highest BCUT2D eigenvalue weighted by molar-refractivity contribution is 5.80. The lowest BCUT2D eigenvalue weighted by atomic mass is 9.97. The number of amides is 1. The lowest BCUT2D eigenvalue weighted by Gasteiger charge is -2.32. The highest BCUT2D eigenvalue weighted by Gasteiger charge is 2.28. The van der Waals surface area contributed by atoms with Gasteiger partial charge >= 0.3 is 0 Å². The Morgan fingerprint density at radius 1 is 1.16 bits per heavy atom. The number of nitrogens with zero attached hydrogens (tertiary/aromatic N) is 3. The first-order chi connectivity index (χ1) is 15.6. The molecule has 1 amide bonds. The number of rotatable bonds is 7. The molecular formula is C25H30N4O3. The van der Waals surface area contributed by atoms with Crippen LogP contribution in [0.5, 0.6) is 5.75 Å². The van der Waals surface area contributed by atoms with Crippen LogP contribution in [0.3, 0.4) is 0 Å². The fraction of sp³-hybridized carbons (Fsp3) is 0.400. The van der Waals surface area contributed by atoms with E-state index in [1.54, 1.807) is 4.57 Å². The molecule has 1 aliphatic rings. The van der Waals surface area contributed by atoms with Gasteiger partial charge in [0, 0.05) is 31.7 Å². The summed E-state index contributed by atoms with van der Waals surface area (Å²) in [4.78, 5) is 32.7. The zero-order chi connectivity index (χ0) is 22.5. The quantitative estimate of drug-likeness (QED) is 0.617. The fourth-order valence-electron chi connectivity index (χ4n) is 4.36. The van der Waals surface area contributed by atoms with Crippen molar-refractivity contribution < 1.29 is 9.53 Å². The number of para-hydroxylation sites is 3. The van der Waals surface area contributed by atoms with Gasteiger partial charge in [0.1, 0.15) is 5.75 Å². The van der Waals surface area contributed by atoms with Crippen LogP contribution in [0.2, 0.25) is 0 Å². The molecule has 0 bridgehead atoms. The Kier molecular flexibility index (Phi) is 6.73. The van der Waals surface area contributed by atoms with Crippen molar-refractivity contribution in [3.05, 3.63) is 64.4 Å². The summed E-state index contributed by atoms with van der Waals surface area (Å²) in [7, 11) is 0. The zero-order valence-electron chi connectivity index (χ0n) is 18.7. The predicted molar refractivity (Wildman–Crippen MR) is 126 cm³/mol. The lowest BCUT2D eigenvalue weighted by molar-refractivity contribution is -0.125. The van der Waals surface area contributed by atoms with Gasteiger partial charge in [0.25, 0.3) is 5.56 Å². The molecule has 0 unspecified atom stereocenters. The maximum absolute atomic E-state index is 13.1. The minimum absolute atomic E-state index is 0.00222. The second-order valence-corrected chi connectivity index (χ2v) is 8.02. The van der Waals surface area contributed by atoms with Crippen LogP contribution in [0.1, 0.15) is 32.3 Å². The van der Waals surface area contributed by atoms with Crippen LogP contribution in [-0.2, 0) is 17.9 Å². The van der Waals surface area contributed by atoms with Gasteiger partial charge in [-0.05, 0) is 44.9 Å². The van der Waals surface area contributed by atoms with Crippen molar-refractivity contribution in [3.63, 3.8) is 0 Å². The fourth-order valence-corrected chi connectivity index (χ4v) is 4.36. The van der Waals surface area contributed by atoms with Crippen molar-refractivity contribution in [2.45, 2.75) is 39.8 Å². The SMILES string of the molecule is CCOc1ccccc1CNC(=O)[C@H]1CCCN(c2nc3ccccc3n(CC)c2=O)C1. The summed E-state index contributed by atoms with van der Waals surface area (Å²) in [6.45, 7) is 6.69. The van der Waals surface area contributed by atoms with E-state index < -0.39 is 0 Å². The maximum Gasteiger partial charge on any atom is 0.293 e. The molecule has 0 saturated carbocycles. The molecule has 0 radical (unpaired) electrons. The molecule has 1 atom stereocenters. The van der Waals surface area contributed by atoms with Crippen molar-refractivity contribution in [2.24, 2.45) is 5.92 Å². The predicted octanol–water partition coefficient (Wildman–Crippen LogP) is 3.35. The van der Waals surface area contributed by atoms with Gasteiger partial charge in [-0.15, -0.1) is 0 Å². The molecule has 3 aromatic rings. The van der Waals surface area contributed by atoms with Gasteiger partial charge in [-0.25, -0.2) is 4.98 Å². The number of piperidine rings is 1. The van der Waals surface area contributed by atoms with Crippen LogP contribution in [0.25, 0.3) is 11.0 Å². The summed E-state index contributed by atoms with van der Waals surface area (Å²) < 4.78 is 7.41. The maximum atomic E-state index is 13.1. The number of aromatic nitrogens is 2. The summed E-state index contributed by atoms with van der Waals surface area (Å²) in [6.07, 6.45) is 1.64. The molecule has 2 aromatic carbocycles. The van der Waals surface area contributed by atoms with Crippen molar-refractivity contribution in [1.82, 2.24) is 14.9 Å². The van der Waals surface area contributed by atoms with Gasteiger partial charge in [-0.3, -0.25) is 9.59 Å². The second kappa shape index (κ2) is 9.85. The van der Waals surface area contributed by atoms with Gasteiger partial charge in [0.2, 0.25) is 5.91 Å². The number of aryl methyl sites for hydroxylation is 1. The molecule has 2 heterocycles. The van der Waals surface area contributed by atoms with Gasteiger partial charge in [0.05, 0.1) is 23.6 Å². The lowest BCUT2D eigenvalue weighted by Crippen LogP contribution is -2.45. The van der Waals surface area contributed by atoms with E-state index in [0.29, 0.717) is 32.1 Å². The summed E-state index contributed by atoms with van der Waals surface area (Å²) >= 11 is 0. The van der Waals surface area contributed by atoms with Gasteiger partial charge in [-0.2, -0.15) is 0 Å². The standard InChI is InChI=1S/C25H30N4O3/c1-3-29-21-13-7-6-12-20(21)27-23(25(29)31)28-15-9-11-19(17-28)24(30)26-16-18-10-5-8-14-22(18)32-4-2/h5-8,10,12-14,19H,3-4,9,11,15-17H2,1-2H3,(H,26,30)/t19-/m0/s1. The molecule has 7 heteroatoms. The van der Waals surface area contributed by atoms with E-state index in [9.17, 15) is 9.59 Å². The third-order valence-corrected chi connectivity index (χ3v) is 5.97. The number of carbonyl (C=O) groups is 1. The average Bonchev–Trinajstić information content (AvgIpc) is 2.83. The zero-order valence-corrected chi connectivity index (χ0v) is 18.7. The molecule has 168 valence electrons. The average molecular weight is 435 g/mol. The van der Waals surface area contributed by atoms with E-state index in [-0.39, 0.29) is 17.4 Å². The van der Waals surface area contributed by atoms with Gasteiger partial charge in [0.15, 0.2) is 5.82 Å². The molecule has 7 nitrogen and oxygen atoms in total. The van der Waals surface area contributed by atoms with Crippen LogP contribution in [0, 0.1) is 5.92 Å². The van der Waals surface area contributed by atoms with Gasteiger partial charge < -0.3 is 19.5 Å². The molecule has 1 saturated heterocycles. The number of hydrogen-bond donors (Lipinski definition) is 1. The minimum atomic E-state index is -0.189. The first kappa shape index (κ1) is 21.9.